The first-order valence-corrected chi connectivity index (χ1v) is 11.5. The Balaban J connectivity index is 0.00000137. The fourth-order valence-electron chi connectivity index (χ4n) is 3.27. The zero-order valence-corrected chi connectivity index (χ0v) is 21.4. The summed E-state index contributed by atoms with van der Waals surface area (Å²) >= 11 is 4.47. The highest BCUT2D eigenvalue weighted by Crippen LogP contribution is 2.29. The van der Waals surface area contributed by atoms with Gasteiger partial charge in [0.25, 0.3) is 0 Å². The van der Waals surface area contributed by atoms with Crippen LogP contribution < -0.4 is 10.5 Å². The Morgan fingerprint density at radius 3 is 2.31 bits per heavy atom. The molecule has 0 saturated heterocycles. The molecule has 184 valence electrons. The lowest BCUT2D eigenvalue weighted by atomic mass is 10.0. The third-order valence-corrected chi connectivity index (χ3v) is 5.29. The molecule has 0 radical (unpaired) electrons. The summed E-state index contributed by atoms with van der Waals surface area (Å²) in [5.74, 6) is 0.0428. The summed E-state index contributed by atoms with van der Waals surface area (Å²) < 4.78 is 23.4. The van der Waals surface area contributed by atoms with Crippen LogP contribution in [0.5, 0.6) is 5.75 Å². The highest BCUT2D eigenvalue weighted by molar-refractivity contribution is 7.80. The number of allylic oxidation sites excluding steroid dienone is 4. The average molecular weight is 494 g/mol. The first-order valence-electron chi connectivity index (χ1n) is 11.1. The Morgan fingerprint density at radius 1 is 0.971 bits per heavy atom. The molecule has 3 aromatic carbocycles. The minimum atomic E-state index is -0.427. The number of hydrogen-bond donors (Lipinski definition) is 2. The number of carbonyl (C=O) groups excluding carboxylic acids is 1. The summed E-state index contributed by atoms with van der Waals surface area (Å²) in [6.45, 7) is 4.41. The SMILES string of the molecule is C/C(=C/C=C(\C)c1cc(S)ccc1OCc1ccc(F)cc1)Cc1cccc(C(N)=O)c1.COC. The summed E-state index contributed by atoms with van der Waals surface area (Å²) in [7, 11) is 3.25. The van der Waals surface area contributed by atoms with Crippen LogP contribution in [-0.2, 0) is 17.8 Å². The Kier molecular flexibility index (Phi) is 11.3. The third kappa shape index (κ3) is 9.43. The van der Waals surface area contributed by atoms with Crippen molar-refractivity contribution in [2.75, 3.05) is 14.2 Å². The van der Waals surface area contributed by atoms with Crippen LogP contribution >= 0.6 is 12.6 Å². The molecule has 0 unspecified atom stereocenters. The van der Waals surface area contributed by atoms with E-state index in [0.717, 1.165) is 38.5 Å². The van der Waals surface area contributed by atoms with E-state index in [0.29, 0.717) is 18.6 Å². The number of ether oxygens (including phenoxy) is 2. The van der Waals surface area contributed by atoms with E-state index in [1.54, 1.807) is 32.4 Å². The molecule has 2 N–H and O–H groups in total. The van der Waals surface area contributed by atoms with Crippen molar-refractivity contribution in [1.29, 1.82) is 0 Å². The molecule has 0 fully saturated rings. The smallest absolute Gasteiger partial charge is 0.248 e. The minimum Gasteiger partial charge on any atom is -0.488 e. The molecule has 0 spiro atoms. The number of halogens is 1. The van der Waals surface area contributed by atoms with E-state index in [9.17, 15) is 9.18 Å². The highest BCUT2D eigenvalue weighted by Gasteiger charge is 2.08. The summed E-state index contributed by atoms with van der Waals surface area (Å²) in [4.78, 5) is 12.2. The number of primary amides is 1. The van der Waals surface area contributed by atoms with Crippen molar-refractivity contribution in [2.45, 2.75) is 31.8 Å². The van der Waals surface area contributed by atoms with Gasteiger partial charge in [-0.15, -0.1) is 12.6 Å². The van der Waals surface area contributed by atoms with E-state index < -0.39 is 5.91 Å². The molecule has 3 aromatic rings. The molecular weight excluding hydrogens is 461 g/mol. The lowest BCUT2D eigenvalue weighted by molar-refractivity contribution is 0.1000. The van der Waals surface area contributed by atoms with Crippen LogP contribution in [0.15, 0.2) is 89.4 Å². The van der Waals surface area contributed by atoms with Gasteiger partial charge < -0.3 is 15.2 Å². The Labute approximate surface area is 212 Å². The van der Waals surface area contributed by atoms with E-state index in [1.807, 2.05) is 56.3 Å². The normalized spacial score (nSPS) is 11.5. The van der Waals surface area contributed by atoms with Gasteiger partial charge in [-0.05, 0) is 79.4 Å². The Bertz CT molecular complexity index is 1190. The van der Waals surface area contributed by atoms with Crippen LogP contribution in [0, 0.1) is 5.82 Å². The predicted octanol–water partition coefficient (Wildman–Crippen LogP) is 6.65. The van der Waals surface area contributed by atoms with Crippen molar-refractivity contribution in [3.8, 4) is 5.75 Å². The second-order valence-electron chi connectivity index (χ2n) is 8.11. The Morgan fingerprint density at radius 2 is 1.66 bits per heavy atom. The fraction of sp³-hybridized carbons (Fsp3) is 0.207. The molecule has 0 heterocycles. The van der Waals surface area contributed by atoms with E-state index in [-0.39, 0.29) is 5.82 Å². The molecule has 0 saturated carbocycles. The molecule has 6 heteroatoms. The van der Waals surface area contributed by atoms with Crippen LogP contribution in [0.1, 0.15) is 40.9 Å². The predicted molar refractivity (Wildman–Crippen MR) is 143 cm³/mol. The van der Waals surface area contributed by atoms with Crippen LogP contribution in [0.2, 0.25) is 0 Å². The second-order valence-corrected chi connectivity index (χ2v) is 8.62. The second kappa shape index (κ2) is 14.1. The van der Waals surface area contributed by atoms with Gasteiger partial charge in [0.15, 0.2) is 0 Å². The van der Waals surface area contributed by atoms with Gasteiger partial charge in [0, 0.05) is 30.2 Å². The highest BCUT2D eigenvalue weighted by atomic mass is 32.1. The average Bonchev–Trinajstić information content (AvgIpc) is 2.83. The summed E-state index contributed by atoms with van der Waals surface area (Å²) in [5.41, 5.74) is 10.9. The van der Waals surface area contributed by atoms with Gasteiger partial charge in [-0.2, -0.15) is 0 Å². The van der Waals surface area contributed by atoms with Gasteiger partial charge in [0.2, 0.25) is 5.91 Å². The maximum absolute atomic E-state index is 13.1. The molecule has 1 amide bonds. The number of nitrogens with two attached hydrogens (primary N) is 1. The zero-order valence-electron chi connectivity index (χ0n) is 20.5. The molecule has 0 aliphatic carbocycles. The van der Waals surface area contributed by atoms with Crippen molar-refractivity contribution in [1.82, 2.24) is 0 Å². The van der Waals surface area contributed by atoms with Gasteiger partial charge in [0.05, 0.1) is 0 Å². The van der Waals surface area contributed by atoms with E-state index in [2.05, 4.69) is 23.4 Å². The van der Waals surface area contributed by atoms with Gasteiger partial charge >= 0.3 is 0 Å². The minimum absolute atomic E-state index is 0.267. The summed E-state index contributed by atoms with van der Waals surface area (Å²) in [5, 5.41) is 0. The monoisotopic (exact) mass is 493 g/mol. The van der Waals surface area contributed by atoms with Gasteiger partial charge in [-0.1, -0.05) is 42.0 Å². The lowest BCUT2D eigenvalue weighted by Crippen LogP contribution is -2.10. The first-order chi connectivity index (χ1) is 16.7. The van der Waals surface area contributed by atoms with E-state index in [4.69, 9.17) is 10.5 Å². The van der Waals surface area contributed by atoms with Crippen molar-refractivity contribution in [3.05, 3.63) is 113 Å². The van der Waals surface area contributed by atoms with Crippen LogP contribution in [-0.4, -0.2) is 20.1 Å². The third-order valence-electron chi connectivity index (χ3n) is 5.01. The van der Waals surface area contributed by atoms with Crippen LogP contribution in [0.25, 0.3) is 5.57 Å². The standard InChI is InChI=1S/C27H26FNO2S.C2H6O/c1-18(14-21-4-3-5-22(15-21)27(29)30)6-7-19(2)25-16-24(32)12-13-26(25)31-17-20-8-10-23(28)11-9-20;1-3-2/h3-13,15-16,32H,14,17H2,1-2H3,(H2,29,30);1-2H3/b18-6-,19-7+;. The molecule has 0 bridgehead atoms. The number of hydrogen-bond acceptors (Lipinski definition) is 4. The van der Waals surface area contributed by atoms with Crippen molar-refractivity contribution < 1.29 is 18.7 Å². The van der Waals surface area contributed by atoms with Crippen molar-refractivity contribution in [2.24, 2.45) is 5.73 Å². The largest absolute Gasteiger partial charge is 0.488 e. The van der Waals surface area contributed by atoms with E-state index >= 15 is 0 Å². The number of rotatable bonds is 8. The molecule has 0 aliphatic rings. The number of benzene rings is 3. The van der Waals surface area contributed by atoms with E-state index in [1.165, 1.54) is 12.1 Å². The lowest BCUT2D eigenvalue weighted by Gasteiger charge is -2.13. The van der Waals surface area contributed by atoms with Crippen LogP contribution in [0.4, 0.5) is 4.39 Å². The number of amides is 1. The molecule has 0 aromatic heterocycles. The quantitative estimate of drug-likeness (QED) is 0.273. The van der Waals surface area contributed by atoms with Gasteiger partial charge in [-0.3, -0.25) is 4.79 Å². The van der Waals surface area contributed by atoms with Crippen molar-refractivity contribution >= 4 is 24.1 Å². The van der Waals surface area contributed by atoms with Gasteiger partial charge in [-0.25, -0.2) is 4.39 Å². The first kappa shape index (κ1) is 27.9. The molecule has 3 rings (SSSR count). The summed E-state index contributed by atoms with van der Waals surface area (Å²) in [6.07, 6.45) is 4.81. The molecule has 0 atom stereocenters. The van der Waals surface area contributed by atoms with Gasteiger partial charge in [0.1, 0.15) is 18.2 Å². The molecule has 0 aliphatic heterocycles. The molecular formula is C29H32FNO3S. The van der Waals surface area contributed by atoms with Crippen molar-refractivity contribution in [3.63, 3.8) is 0 Å². The zero-order chi connectivity index (χ0) is 25.8. The maximum Gasteiger partial charge on any atom is 0.248 e. The number of carbonyl (C=O) groups is 1. The maximum atomic E-state index is 13.1. The number of methoxy groups -OCH3 is 1. The number of thiol groups is 1. The van der Waals surface area contributed by atoms with Crippen LogP contribution in [0.3, 0.4) is 0 Å². The summed E-state index contributed by atoms with van der Waals surface area (Å²) in [6, 6.07) is 19.4. The molecule has 35 heavy (non-hydrogen) atoms. The Hall–Kier alpha value is -3.35. The fourth-order valence-corrected chi connectivity index (χ4v) is 3.47. The molecule has 4 nitrogen and oxygen atoms in total. The topological polar surface area (TPSA) is 61.5 Å².